The third kappa shape index (κ3) is 3.88. The predicted octanol–water partition coefficient (Wildman–Crippen LogP) is -0.998. The number of nitrogens with two attached hydrogens (primary N) is 2. The second kappa shape index (κ2) is 8.79. The number of aromatic nitrogens is 7. The van der Waals surface area contributed by atoms with E-state index in [1.54, 1.807) is 10.6 Å². The van der Waals surface area contributed by atoms with E-state index in [0.29, 0.717) is 33.1 Å². The van der Waals surface area contributed by atoms with Crippen molar-refractivity contribution in [1.82, 2.24) is 39.4 Å². The van der Waals surface area contributed by atoms with E-state index in [-0.39, 0.29) is 29.9 Å². The van der Waals surface area contributed by atoms with Gasteiger partial charge in [-0.25, -0.2) is 19.9 Å². The van der Waals surface area contributed by atoms with Crippen LogP contribution in [0.15, 0.2) is 41.9 Å². The number of fused-ring (bicyclic) bond motifs is 4. The molecule has 1 saturated heterocycles. The summed E-state index contributed by atoms with van der Waals surface area (Å²) in [7, 11) is -4.45. The maximum Gasteiger partial charge on any atom is 0.294 e. The minimum atomic E-state index is -4.45. The SMILES string of the molecule is Nc1ncc2c3ccc(S(=O)(=O)O)cc3n(CNCC3OC(n4cnc5c(N)ncnc54)C(O)C3O)c2n1. The zero-order valence-corrected chi connectivity index (χ0v) is 20.3. The molecule has 1 aliphatic rings. The van der Waals surface area contributed by atoms with Crippen molar-refractivity contribution >= 4 is 55.0 Å². The van der Waals surface area contributed by atoms with Gasteiger partial charge in [0.2, 0.25) is 5.95 Å². The number of nitrogen functional groups attached to an aromatic ring is 2. The van der Waals surface area contributed by atoms with E-state index in [9.17, 15) is 23.2 Å². The highest BCUT2D eigenvalue weighted by atomic mass is 32.2. The van der Waals surface area contributed by atoms with Crippen molar-refractivity contribution < 1.29 is 27.9 Å². The maximum atomic E-state index is 11.7. The smallest absolute Gasteiger partial charge is 0.294 e. The molecule has 0 radical (unpaired) electrons. The second-order valence-corrected chi connectivity index (χ2v) is 10.2. The van der Waals surface area contributed by atoms with Crippen molar-refractivity contribution in [3.05, 3.63) is 37.1 Å². The van der Waals surface area contributed by atoms with Gasteiger partial charge in [-0.15, -0.1) is 0 Å². The van der Waals surface area contributed by atoms with E-state index in [1.807, 2.05) is 0 Å². The Morgan fingerprint density at radius 2 is 1.87 bits per heavy atom. The van der Waals surface area contributed by atoms with E-state index < -0.39 is 34.7 Å². The summed E-state index contributed by atoms with van der Waals surface area (Å²) in [6, 6.07) is 4.16. The molecular weight excluding hydrogens is 520 g/mol. The van der Waals surface area contributed by atoms with Gasteiger partial charge in [-0.3, -0.25) is 14.4 Å². The van der Waals surface area contributed by atoms with Crippen LogP contribution in [0.1, 0.15) is 6.23 Å². The topological polar surface area (TPSA) is 242 Å². The predicted molar refractivity (Wildman–Crippen MR) is 133 cm³/mol. The van der Waals surface area contributed by atoms with Crippen molar-refractivity contribution in [2.75, 3.05) is 18.0 Å². The summed E-state index contributed by atoms with van der Waals surface area (Å²) in [5.74, 6) is 0.196. The molecule has 0 aliphatic carbocycles. The summed E-state index contributed by atoms with van der Waals surface area (Å²) in [4.78, 5) is 20.2. The van der Waals surface area contributed by atoms with Crippen molar-refractivity contribution in [3.8, 4) is 0 Å². The van der Waals surface area contributed by atoms with E-state index in [0.717, 1.165) is 0 Å². The first kappa shape index (κ1) is 24.3. The first-order valence-corrected chi connectivity index (χ1v) is 12.7. The van der Waals surface area contributed by atoms with Gasteiger partial charge in [0, 0.05) is 23.5 Å². The lowest BCUT2D eigenvalue weighted by molar-refractivity contribution is -0.0345. The number of hydrogen-bond acceptors (Lipinski definition) is 13. The Balaban J connectivity index is 1.27. The van der Waals surface area contributed by atoms with E-state index >= 15 is 0 Å². The highest BCUT2D eigenvalue weighted by Gasteiger charge is 2.44. The highest BCUT2D eigenvalue weighted by molar-refractivity contribution is 7.85. The van der Waals surface area contributed by atoms with Crippen LogP contribution in [-0.2, 0) is 21.5 Å². The summed E-state index contributed by atoms with van der Waals surface area (Å²) in [5, 5.41) is 25.8. The molecule has 4 unspecified atom stereocenters. The molecule has 16 nitrogen and oxygen atoms in total. The Kier molecular flexibility index (Phi) is 5.63. The highest BCUT2D eigenvalue weighted by Crippen LogP contribution is 2.32. The van der Waals surface area contributed by atoms with Crippen LogP contribution in [0.25, 0.3) is 33.1 Å². The van der Waals surface area contributed by atoms with Gasteiger partial charge in [-0.2, -0.15) is 13.4 Å². The monoisotopic (exact) mass is 542 g/mol. The van der Waals surface area contributed by atoms with Gasteiger partial charge in [-0.05, 0) is 12.1 Å². The molecule has 1 fully saturated rings. The quantitative estimate of drug-likeness (QED) is 0.141. The van der Waals surface area contributed by atoms with Crippen LogP contribution < -0.4 is 16.8 Å². The van der Waals surface area contributed by atoms with Crippen molar-refractivity contribution in [1.29, 1.82) is 0 Å². The van der Waals surface area contributed by atoms with Crippen LogP contribution in [0.2, 0.25) is 0 Å². The van der Waals surface area contributed by atoms with Crippen LogP contribution in [0, 0.1) is 0 Å². The number of anilines is 2. The summed E-state index contributed by atoms with van der Waals surface area (Å²) in [6.45, 7) is 0.189. The van der Waals surface area contributed by atoms with E-state index in [1.165, 1.54) is 35.6 Å². The normalized spacial score (nSPS) is 22.2. The van der Waals surface area contributed by atoms with Crippen LogP contribution >= 0.6 is 0 Å². The second-order valence-electron chi connectivity index (χ2n) is 8.79. The summed E-state index contributed by atoms with van der Waals surface area (Å²) in [6.07, 6.45) is -0.134. The average Bonchev–Trinajstić information content (AvgIpc) is 3.52. The molecule has 4 aromatic heterocycles. The number of benzene rings is 1. The number of aliphatic hydroxyl groups is 2. The summed E-state index contributed by atoms with van der Waals surface area (Å²) >= 11 is 0. The van der Waals surface area contributed by atoms with Gasteiger partial charge in [0.15, 0.2) is 17.7 Å². The Hall–Kier alpha value is -4.00. The number of ether oxygens (including phenoxy) is 1. The molecule has 5 heterocycles. The lowest BCUT2D eigenvalue weighted by Gasteiger charge is -2.17. The molecule has 38 heavy (non-hydrogen) atoms. The largest absolute Gasteiger partial charge is 0.387 e. The standard InChI is InChI=1S/C21H22N10O6S/c22-17-14-19(27-6-26-17)31(8-28-14)20-16(33)15(32)13(37-20)5-24-7-30-12-3-9(38(34,35)36)1-2-10(12)11-4-25-21(23)29-18(11)30/h1-4,6,8,13,15-16,20,24,32-33H,5,7H2,(H2,22,26,27)(H2,23,25,29)(H,34,35,36). The minimum absolute atomic E-state index is 0.0223. The van der Waals surface area contributed by atoms with Gasteiger partial charge in [0.1, 0.15) is 35.8 Å². The lowest BCUT2D eigenvalue weighted by Crippen LogP contribution is -2.38. The zero-order chi connectivity index (χ0) is 26.8. The van der Waals surface area contributed by atoms with Gasteiger partial charge in [-0.1, -0.05) is 6.07 Å². The average molecular weight is 543 g/mol. The molecule has 4 atom stereocenters. The Labute approximate surface area is 213 Å². The van der Waals surface area contributed by atoms with Gasteiger partial charge in [0.05, 0.1) is 23.4 Å². The summed E-state index contributed by atoms with van der Waals surface area (Å²) in [5.41, 5.74) is 13.2. The molecule has 8 N–H and O–H groups in total. The van der Waals surface area contributed by atoms with Gasteiger partial charge >= 0.3 is 0 Å². The van der Waals surface area contributed by atoms with Crippen molar-refractivity contribution in [2.45, 2.75) is 36.1 Å². The molecule has 0 amide bonds. The number of nitrogens with zero attached hydrogens (tertiary/aromatic N) is 7. The third-order valence-electron chi connectivity index (χ3n) is 6.50. The Morgan fingerprint density at radius 3 is 2.66 bits per heavy atom. The fraction of sp³-hybridized carbons (Fsp3) is 0.286. The fourth-order valence-electron chi connectivity index (χ4n) is 4.68. The summed E-state index contributed by atoms with van der Waals surface area (Å²) < 4.78 is 42.1. The lowest BCUT2D eigenvalue weighted by atomic mass is 10.1. The van der Waals surface area contributed by atoms with Crippen molar-refractivity contribution in [2.24, 2.45) is 0 Å². The minimum Gasteiger partial charge on any atom is -0.387 e. The van der Waals surface area contributed by atoms with Crippen LogP contribution in [0.3, 0.4) is 0 Å². The number of aliphatic hydroxyl groups excluding tert-OH is 2. The molecule has 6 rings (SSSR count). The third-order valence-corrected chi connectivity index (χ3v) is 7.35. The number of rotatable bonds is 6. The first-order chi connectivity index (χ1) is 18.1. The zero-order valence-electron chi connectivity index (χ0n) is 19.4. The van der Waals surface area contributed by atoms with Crippen LogP contribution in [0.4, 0.5) is 11.8 Å². The van der Waals surface area contributed by atoms with E-state index in [4.69, 9.17) is 16.2 Å². The maximum absolute atomic E-state index is 11.7. The van der Waals surface area contributed by atoms with E-state index in [2.05, 4.69) is 30.2 Å². The van der Waals surface area contributed by atoms with Crippen LogP contribution in [0.5, 0.6) is 0 Å². The molecule has 0 bridgehead atoms. The number of nitrogens with one attached hydrogen (secondary N) is 1. The first-order valence-electron chi connectivity index (χ1n) is 11.3. The number of imidazole rings is 1. The molecule has 17 heteroatoms. The van der Waals surface area contributed by atoms with Crippen molar-refractivity contribution in [3.63, 3.8) is 0 Å². The molecule has 198 valence electrons. The molecule has 1 aliphatic heterocycles. The molecule has 0 spiro atoms. The fourth-order valence-corrected chi connectivity index (χ4v) is 5.18. The van der Waals surface area contributed by atoms with Crippen LogP contribution in [-0.4, -0.2) is 82.1 Å². The number of hydrogen-bond donors (Lipinski definition) is 6. The van der Waals surface area contributed by atoms with Gasteiger partial charge in [0.25, 0.3) is 10.1 Å². The molecule has 1 aromatic carbocycles. The molecular formula is C21H22N10O6S. The Morgan fingerprint density at radius 1 is 1.05 bits per heavy atom. The molecule has 5 aromatic rings. The Bertz CT molecular complexity index is 1810. The molecule has 0 saturated carbocycles. The van der Waals surface area contributed by atoms with Gasteiger partial charge < -0.3 is 31.0 Å².